The number of amides is 1. The average Bonchev–Trinajstić information content (AvgIpc) is 3.68. The molecule has 4 rings (SSSR count). The molecule has 1 saturated heterocycles. The van der Waals surface area contributed by atoms with E-state index in [0.717, 1.165) is 25.9 Å². The van der Waals surface area contributed by atoms with Gasteiger partial charge in [-0.1, -0.05) is 24.3 Å². The second kappa shape index (κ2) is 14.3. The average molecular weight is 580 g/mol. The molecule has 42 heavy (non-hydrogen) atoms. The van der Waals surface area contributed by atoms with Crippen molar-refractivity contribution in [3.8, 4) is 22.5 Å². The summed E-state index contributed by atoms with van der Waals surface area (Å²) in [7, 11) is 1.35. The van der Waals surface area contributed by atoms with Gasteiger partial charge in [0, 0.05) is 42.9 Å². The number of aromatic nitrogens is 6. The number of hydrogen-bond acceptors (Lipinski definition) is 10. The predicted octanol–water partition coefficient (Wildman–Crippen LogP) is 2.27. The SMILES string of the molecule is COC(=O)[C@H](CCCCN)n1cc(-c2cc(C(=O)N3CCNCC3)cc(-c3cn([C@@H](CC(C)C)C(C)=O)nn3)c2)nn1. The highest BCUT2D eigenvalue weighted by Gasteiger charge is 2.25. The third-order valence-corrected chi connectivity index (χ3v) is 7.40. The molecule has 3 aromatic rings. The second-order valence-corrected chi connectivity index (χ2v) is 11.1. The van der Waals surface area contributed by atoms with Gasteiger partial charge in [0.1, 0.15) is 17.4 Å². The van der Waals surface area contributed by atoms with Gasteiger partial charge in [0.05, 0.1) is 19.5 Å². The number of unbranched alkanes of at least 4 members (excludes halogenated alkanes) is 1. The van der Waals surface area contributed by atoms with Gasteiger partial charge in [-0.05, 0) is 63.3 Å². The minimum absolute atomic E-state index is 0.00622. The van der Waals surface area contributed by atoms with Crippen molar-refractivity contribution in [2.45, 2.75) is 58.5 Å². The van der Waals surface area contributed by atoms with Gasteiger partial charge in [-0.3, -0.25) is 9.59 Å². The van der Waals surface area contributed by atoms with Crippen molar-refractivity contribution in [3.05, 3.63) is 36.2 Å². The molecule has 13 nitrogen and oxygen atoms in total. The largest absolute Gasteiger partial charge is 0.467 e. The van der Waals surface area contributed by atoms with Crippen LogP contribution in [0.3, 0.4) is 0 Å². The molecule has 13 heteroatoms. The van der Waals surface area contributed by atoms with Gasteiger partial charge in [-0.2, -0.15) is 0 Å². The highest BCUT2D eigenvalue weighted by atomic mass is 16.5. The van der Waals surface area contributed by atoms with Crippen LogP contribution in [0.4, 0.5) is 0 Å². The monoisotopic (exact) mass is 579 g/mol. The molecule has 226 valence electrons. The van der Waals surface area contributed by atoms with Gasteiger partial charge >= 0.3 is 5.97 Å². The third kappa shape index (κ3) is 7.45. The molecule has 1 amide bonds. The Morgan fingerprint density at radius 1 is 0.952 bits per heavy atom. The number of rotatable bonds is 13. The second-order valence-electron chi connectivity index (χ2n) is 11.1. The molecule has 0 saturated carbocycles. The van der Waals surface area contributed by atoms with Crippen LogP contribution in [0, 0.1) is 5.92 Å². The Labute approximate surface area is 245 Å². The Morgan fingerprint density at radius 3 is 2.07 bits per heavy atom. The van der Waals surface area contributed by atoms with Crippen LogP contribution in [-0.2, 0) is 14.3 Å². The third-order valence-electron chi connectivity index (χ3n) is 7.40. The van der Waals surface area contributed by atoms with Crippen LogP contribution in [0.15, 0.2) is 30.6 Å². The van der Waals surface area contributed by atoms with Gasteiger partial charge in [-0.15, -0.1) is 10.2 Å². The van der Waals surface area contributed by atoms with Crippen LogP contribution in [0.1, 0.15) is 68.9 Å². The van der Waals surface area contributed by atoms with Crippen LogP contribution in [0.25, 0.3) is 22.5 Å². The molecule has 1 fully saturated rings. The first kappa shape index (κ1) is 31.0. The Kier molecular flexibility index (Phi) is 10.5. The fraction of sp³-hybridized carbons (Fsp3) is 0.552. The number of piperazine rings is 1. The number of carbonyl (C=O) groups is 3. The zero-order valence-electron chi connectivity index (χ0n) is 24.8. The first-order chi connectivity index (χ1) is 20.2. The first-order valence-electron chi connectivity index (χ1n) is 14.5. The highest BCUT2D eigenvalue weighted by Crippen LogP contribution is 2.29. The maximum atomic E-state index is 13.6. The van der Waals surface area contributed by atoms with Gasteiger partial charge in [-0.25, -0.2) is 14.2 Å². The predicted molar refractivity (Wildman–Crippen MR) is 156 cm³/mol. The van der Waals surface area contributed by atoms with Crippen LogP contribution < -0.4 is 11.1 Å². The summed E-state index contributed by atoms with van der Waals surface area (Å²) in [5.41, 5.74) is 8.44. The Morgan fingerprint density at radius 2 is 1.55 bits per heavy atom. The lowest BCUT2D eigenvalue weighted by Crippen LogP contribution is -2.46. The van der Waals surface area contributed by atoms with Crippen molar-refractivity contribution in [2.75, 3.05) is 39.8 Å². The molecule has 0 spiro atoms. The summed E-state index contributed by atoms with van der Waals surface area (Å²) < 4.78 is 8.11. The molecule has 1 aliphatic rings. The summed E-state index contributed by atoms with van der Waals surface area (Å²) in [4.78, 5) is 40.3. The quantitative estimate of drug-likeness (QED) is 0.227. The standard InChI is InChI=1S/C29H41N9O4/c1-19(2)13-27(20(3)39)38-18-25(33-35-38)22-14-21(15-23(16-22)28(40)36-11-9-31-10-12-36)24-17-37(34-32-24)26(29(41)42-4)7-5-6-8-30/h14-19,26-27,31H,5-13,30H2,1-4H3/t26-,27-/m0/s1. The number of nitrogens with one attached hydrogen (secondary N) is 1. The van der Waals surface area contributed by atoms with E-state index in [2.05, 4.69) is 39.8 Å². The summed E-state index contributed by atoms with van der Waals surface area (Å²) in [5, 5.41) is 20.5. The summed E-state index contributed by atoms with van der Waals surface area (Å²) in [6.07, 6.45) is 6.09. The fourth-order valence-electron chi connectivity index (χ4n) is 5.10. The molecule has 2 atom stereocenters. The normalized spacial score (nSPS) is 15.0. The number of Topliss-reactive ketones (excluding diaryl/α,β-unsaturated/α-hetero) is 1. The Hall–Kier alpha value is -3.97. The van der Waals surface area contributed by atoms with Gasteiger partial charge in [0.15, 0.2) is 11.8 Å². The van der Waals surface area contributed by atoms with E-state index in [9.17, 15) is 14.4 Å². The number of nitrogens with two attached hydrogens (primary N) is 1. The van der Waals surface area contributed by atoms with E-state index < -0.39 is 18.1 Å². The first-order valence-corrected chi connectivity index (χ1v) is 14.5. The molecule has 0 bridgehead atoms. The summed E-state index contributed by atoms with van der Waals surface area (Å²) in [6, 6.07) is 4.38. The molecule has 0 radical (unpaired) electrons. The number of ether oxygens (including phenoxy) is 1. The number of esters is 1. The van der Waals surface area contributed by atoms with Crippen LogP contribution in [0.5, 0.6) is 0 Å². The van der Waals surface area contributed by atoms with Gasteiger partial charge in [0.2, 0.25) is 0 Å². The molecule has 3 heterocycles. The maximum Gasteiger partial charge on any atom is 0.330 e. The van der Waals surface area contributed by atoms with Gasteiger partial charge < -0.3 is 20.7 Å². The van der Waals surface area contributed by atoms with Crippen molar-refractivity contribution < 1.29 is 19.1 Å². The van der Waals surface area contributed by atoms with E-state index >= 15 is 0 Å². The summed E-state index contributed by atoms with van der Waals surface area (Å²) in [6.45, 7) is 8.85. The fourth-order valence-corrected chi connectivity index (χ4v) is 5.10. The van der Waals surface area contributed by atoms with Crippen molar-refractivity contribution in [1.82, 2.24) is 40.2 Å². The highest BCUT2D eigenvalue weighted by molar-refractivity contribution is 5.97. The topological polar surface area (TPSA) is 163 Å². The maximum absolute atomic E-state index is 13.6. The van der Waals surface area contributed by atoms with E-state index in [1.807, 2.05) is 11.0 Å². The minimum atomic E-state index is -0.641. The minimum Gasteiger partial charge on any atom is -0.467 e. The molecule has 1 aliphatic heterocycles. The van der Waals surface area contributed by atoms with Gasteiger partial charge in [0.25, 0.3) is 5.91 Å². The molecule has 2 aromatic heterocycles. The lowest BCUT2D eigenvalue weighted by atomic mass is 10.00. The molecule has 0 unspecified atom stereocenters. The van der Waals surface area contributed by atoms with E-state index in [4.69, 9.17) is 10.5 Å². The number of methoxy groups -OCH3 is 1. The number of carbonyl (C=O) groups excluding carboxylic acids is 3. The van der Waals surface area contributed by atoms with Crippen LogP contribution in [0.2, 0.25) is 0 Å². The summed E-state index contributed by atoms with van der Waals surface area (Å²) >= 11 is 0. The van der Waals surface area contributed by atoms with Crippen LogP contribution >= 0.6 is 0 Å². The Bertz CT molecular complexity index is 1380. The number of benzene rings is 1. The number of ketones is 1. The van der Waals surface area contributed by atoms with E-state index in [1.54, 1.807) is 36.1 Å². The van der Waals surface area contributed by atoms with Crippen molar-refractivity contribution in [3.63, 3.8) is 0 Å². The number of nitrogens with zero attached hydrogens (tertiary/aromatic N) is 7. The molecular formula is C29H41N9O4. The zero-order chi connectivity index (χ0) is 30.2. The molecular weight excluding hydrogens is 538 g/mol. The van der Waals surface area contributed by atoms with E-state index in [0.29, 0.717) is 66.5 Å². The molecule has 3 N–H and O–H groups in total. The zero-order valence-corrected chi connectivity index (χ0v) is 24.8. The molecule has 0 aliphatic carbocycles. The van der Waals surface area contributed by atoms with Crippen molar-refractivity contribution in [2.24, 2.45) is 11.7 Å². The van der Waals surface area contributed by atoms with Crippen molar-refractivity contribution in [1.29, 1.82) is 0 Å². The number of hydrogen-bond donors (Lipinski definition) is 2. The smallest absolute Gasteiger partial charge is 0.330 e. The van der Waals surface area contributed by atoms with E-state index in [-0.39, 0.29) is 11.7 Å². The lowest BCUT2D eigenvalue weighted by molar-refractivity contribution is -0.145. The van der Waals surface area contributed by atoms with Crippen molar-refractivity contribution >= 4 is 17.7 Å². The molecule has 1 aromatic carbocycles. The van der Waals surface area contributed by atoms with Crippen LogP contribution in [-0.4, -0.2) is 92.4 Å². The Balaban J connectivity index is 1.73. The lowest BCUT2D eigenvalue weighted by Gasteiger charge is -2.27. The summed E-state index contributed by atoms with van der Waals surface area (Å²) in [5.74, 6) is -0.212. The van der Waals surface area contributed by atoms with E-state index in [1.165, 1.54) is 11.8 Å².